The fourth-order valence-electron chi connectivity index (χ4n) is 3.18. The molecule has 8 heteroatoms. The van der Waals surface area contributed by atoms with Gasteiger partial charge in [-0.2, -0.15) is 0 Å². The zero-order valence-electron chi connectivity index (χ0n) is 14.7. The van der Waals surface area contributed by atoms with Crippen LogP contribution >= 0.6 is 0 Å². The number of ether oxygens (including phenoxy) is 4. The summed E-state index contributed by atoms with van der Waals surface area (Å²) in [4.78, 5) is 22.9. The van der Waals surface area contributed by atoms with Crippen molar-refractivity contribution in [2.45, 2.75) is 57.2 Å². The van der Waals surface area contributed by atoms with E-state index in [1.54, 1.807) is 0 Å². The van der Waals surface area contributed by atoms with E-state index in [2.05, 4.69) is 5.32 Å². The minimum atomic E-state index is -1.09. The SMILES string of the molecule is CC(=O)N[C@H]1[C@@H]2OC[C@@H](O2)[C@@H](OCc2ccccc2)[C@@H]1O[C@H](C)C(=O)O. The second kappa shape index (κ2) is 8.13. The van der Waals surface area contributed by atoms with Crippen LogP contribution in [-0.2, 0) is 35.1 Å². The van der Waals surface area contributed by atoms with Crippen molar-refractivity contribution < 1.29 is 33.6 Å². The highest BCUT2D eigenvalue weighted by Gasteiger charge is 2.53. The fourth-order valence-corrected chi connectivity index (χ4v) is 3.18. The van der Waals surface area contributed by atoms with Crippen LogP contribution in [0.5, 0.6) is 0 Å². The number of carboxylic acid groups (broad SMARTS) is 1. The molecule has 0 spiro atoms. The van der Waals surface area contributed by atoms with Crippen molar-refractivity contribution in [3.63, 3.8) is 0 Å². The number of amides is 1. The largest absolute Gasteiger partial charge is 0.479 e. The first kappa shape index (κ1) is 18.8. The molecule has 2 aliphatic rings. The highest BCUT2D eigenvalue weighted by atomic mass is 16.7. The number of carbonyl (C=O) groups is 2. The molecule has 26 heavy (non-hydrogen) atoms. The highest BCUT2D eigenvalue weighted by molar-refractivity contribution is 5.73. The first-order valence-electron chi connectivity index (χ1n) is 8.53. The molecule has 2 saturated heterocycles. The smallest absolute Gasteiger partial charge is 0.332 e. The Balaban J connectivity index is 1.79. The summed E-state index contributed by atoms with van der Waals surface area (Å²) in [5.41, 5.74) is 0.967. The zero-order valence-corrected chi connectivity index (χ0v) is 14.7. The van der Waals surface area contributed by atoms with Gasteiger partial charge >= 0.3 is 5.97 Å². The molecule has 2 aliphatic heterocycles. The maximum Gasteiger partial charge on any atom is 0.332 e. The third-order valence-corrected chi connectivity index (χ3v) is 4.44. The van der Waals surface area contributed by atoms with E-state index in [1.807, 2.05) is 30.3 Å². The second-order valence-electron chi connectivity index (χ2n) is 6.44. The van der Waals surface area contributed by atoms with Gasteiger partial charge < -0.3 is 29.4 Å². The number of hydrogen-bond acceptors (Lipinski definition) is 6. The van der Waals surface area contributed by atoms with Gasteiger partial charge in [0.1, 0.15) is 24.4 Å². The average molecular weight is 365 g/mol. The van der Waals surface area contributed by atoms with Gasteiger partial charge in [0.05, 0.1) is 13.2 Å². The van der Waals surface area contributed by atoms with Gasteiger partial charge in [-0.05, 0) is 12.5 Å². The van der Waals surface area contributed by atoms with Crippen molar-refractivity contribution in [1.29, 1.82) is 0 Å². The number of benzene rings is 1. The van der Waals surface area contributed by atoms with Gasteiger partial charge in [0, 0.05) is 6.92 Å². The predicted octanol–water partition coefficient (Wildman–Crippen LogP) is 0.690. The fraction of sp³-hybridized carbons (Fsp3) is 0.556. The number of hydrogen-bond donors (Lipinski definition) is 2. The summed E-state index contributed by atoms with van der Waals surface area (Å²) in [5.74, 6) is -1.38. The van der Waals surface area contributed by atoms with Gasteiger partial charge in [-0.1, -0.05) is 30.3 Å². The topological polar surface area (TPSA) is 103 Å². The lowest BCUT2D eigenvalue weighted by Gasteiger charge is -2.41. The van der Waals surface area contributed by atoms with E-state index in [-0.39, 0.29) is 12.0 Å². The summed E-state index contributed by atoms with van der Waals surface area (Å²) in [6, 6.07) is 8.93. The monoisotopic (exact) mass is 365 g/mol. The highest BCUT2D eigenvalue weighted by Crippen LogP contribution is 2.33. The Morgan fingerprint density at radius 2 is 2.04 bits per heavy atom. The quantitative estimate of drug-likeness (QED) is 0.733. The Kier molecular flexibility index (Phi) is 5.87. The Bertz CT molecular complexity index is 638. The lowest BCUT2D eigenvalue weighted by atomic mass is 9.97. The van der Waals surface area contributed by atoms with Crippen LogP contribution in [0.25, 0.3) is 0 Å². The minimum absolute atomic E-state index is 0.286. The van der Waals surface area contributed by atoms with Gasteiger partial charge in [-0.3, -0.25) is 4.79 Å². The molecular weight excluding hydrogens is 342 g/mol. The summed E-state index contributed by atoms with van der Waals surface area (Å²) < 4.78 is 23.2. The van der Waals surface area contributed by atoms with Crippen molar-refractivity contribution in [3.8, 4) is 0 Å². The molecule has 0 aliphatic carbocycles. The van der Waals surface area contributed by atoms with Crippen molar-refractivity contribution in [2.75, 3.05) is 6.61 Å². The van der Waals surface area contributed by atoms with Crippen LogP contribution < -0.4 is 5.32 Å². The van der Waals surface area contributed by atoms with E-state index >= 15 is 0 Å². The van der Waals surface area contributed by atoms with Crippen LogP contribution in [0.2, 0.25) is 0 Å². The molecule has 0 unspecified atom stereocenters. The maximum absolute atomic E-state index is 11.6. The normalized spacial score (nSPS) is 31.4. The average Bonchev–Trinajstić information content (AvgIpc) is 3.04. The number of aliphatic carboxylic acids is 1. The molecule has 0 aromatic heterocycles. The lowest BCUT2D eigenvalue weighted by Crippen LogP contribution is -2.62. The molecular formula is C18H23NO7. The first-order chi connectivity index (χ1) is 12.5. The molecule has 1 aromatic rings. The van der Waals surface area contributed by atoms with Crippen LogP contribution in [0.4, 0.5) is 0 Å². The zero-order chi connectivity index (χ0) is 18.7. The number of rotatable bonds is 7. The molecule has 2 bridgehead atoms. The Morgan fingerprint density at radius 1 is 1.31 bits per heavy atom. The van der Waals surface area contributed by atoms with E-state index < -0.39 is 36.6 Å². The standard InChI is InChI=1S/C18H23NO7/c1-10(17(21)22)25-16-14(19-11(2)20)18-24-9-13(26-18)15(16)23-8-12-6-4-3-5-7-12/h3-7,10,13-16,18H,8-9H2,1-2H3,(H,19,20)(H,21,22)/t10-,13-,14-,15-,16-,18-/m1/s1. The van der Waals surface area contributed by atoms with Crippen molar-refractivity contribution >= 4 is 11.9 Å². The van der Waals surface area contributed by atoms with Gasteiger partial charge in [-0.25, -0.2) is 4.79 Å². The molecule has 6 atom stereocenters. The molecule has 3 rings (SSSR count). The molecule has 0 radical (unpaired) electrons. The molecule has 1 aromatic carbocycles. The molecule has 142 valence electrons. The molecule has 1 amide bonds. The van der Waals surface area contributed by atoms with Crippen LogP contribution in [0.1, 0.15) is 19.4 Å². The Hall–Kier alpha value is -2.00. The molecule has 2 N–H and O–H groups in total. The predicted molar refractivity (Wildman–Crippen MR) is 89.2 cm³/mol. The van der Waals surface area contributed by atoms with E-state index in [0.29, 0.717) is 13.2 Å². The van der Waals surface area contributed by atoms with Crippen LogP contribution in [-0.4, -0.2) is 60.3 Å². The van der Waals surface area contributed by atoms with Crippen molar-refractivity contribution in [3.05, 3.63) is 35.9 Å². The number of nitrogens with one attached hydrogen (secondary N) is 1. The molecule has 8 nitrogen and oxygen atoms in total. The van der Waals surface area contributed by atoms with Gasteiger partial charge in [0.25, 0.3) is 0 Å². The van der Waals surface area contributed by atoms with E-state index in [1.165, 1.54) is 13.8 Å². The van der Waals surface area contributed by atoms with E-state index in [4.69, 9.17) is 18.9 Å². The van der Waals surface area contributed by atoms with E-state index in [9.17, 15) is 14.7 Å². The number of carboxylic acids is 1. The van der Waals surface area contributed by atoms with E-state index in [0.717, 1.165) is 5.56 Å². The van der Waals surface area contributed by atoms with Crippen LogP contribution in [0.15, 0.2) is 30.3 Å². The van der Waals surface area contributed by atoms with Crippen molar-refractivity contribution in [2.24, 2.45) is 0 Å². The Morgan fingerprint density at radius 3 is 2.69 bits per heavy atom. The van der Waals surface area contributed by atoms with Crippen molar-refractivity contribution in [1.82, 2.24) is 5.32 Å². The second-order valence-corrected chi connectivity index (χ2v) is 6.44. The lowest BCUT2D eigenvalue weighted by molar-refractivity contribution is -0.226. The first-order valence-corrected chi connectivity index (χ1v) is 8.53. The number of fused-ring (bicyclic) bond motifs is 2. The van der Waals surface area contributed by atoms with Crippen LogP contribution in [0.3, 0.4) is 0 Å². The van der Waals surface area contributed by atoms with Gasteiger partial charge in [0.2, 0.25) is 5.91 Å². The summed E-state index contributed by atoms with van der Waals surface area (Å²) in [5, 5.41) is 12.0. The third-order valence-electron chi connectivity index (χ3n) is 4.44. The van der Waals surface area contributed by atoms with Gasteiger partial charge in [-0.15, -0.1) is 0 Å². The Labute approximate surface area is 151 Å². The molecule has 2 fully saturated rings. The summed E-state index contributed by atoms with van der Waals surface area (Å²) in [6.45, 7) is 3.42. The van der Waals surface area contributed by atoms with Crippen LogP contribution in [0, 0.1) is 0 Å². The molecule has 2 heterocycles. The van der Waals surface area contributed by atoms with Gasteiger partial charge in [0.15, 0.2) is 12.4 Å². The summed E-state index contributed by atoms with van der Waals surface area (Å²) >= 11 is 0. The molecule has 0 saturated carbocycles. The maximum atomic E-state index is 11.6. The third kappa shape index (κ3) is 4.21. The number of carbonyl (C=O) groups excluding carboxylic acids is 1. The minimum Gasteiger partial charge on any atom is -0.479 e. The summed E-state index contributed by atoms with van der Waals surface area (Å²) in [7, 11) is 0. The summed E-state index contributed by atoms with van der Waals surface area (Å²) in [6.07, 6.45) is -3.42.